The van der Waals surface area contributed by atoms with Crippen molar-refractivity contribution in [3.8, 4) is 29.7 Å². The lowest BCUT2D eigenvalue weighted by Gasteiger charge is -2.19. The first kappa shape index (κ1) is 21.3. The molecule has 3 aromatic rings. The number of benzene rings is 1. The predicted molar refractivity (Wildman–Crippen MR) is 115 cm³/mol. The molecule has 1 atom stereocenters. The van der Waals surface area contributed by atoms with E-state index in [1.165, 1.54) is 11.3 Å². The number of nitrogens with one attached hydrogen (secondary N) is 2. The summed E-state index contributed by atoms with van der Waals surface area (Å²) in [5, 5.41) is 16.4. The van der Waals surface area contributed by atoms with Gasteiger partial charge in [0.25, 0.3) is 0 Å². The fraction of sp³-hybridized carbons (Fsp3) is 0.0952. The average Bonchev–Trinajstić information content (AvgIpc) is 3.24. The molecule has 3 rings (SSSR count). The number of terminal acetylenes is 1. The summed E-state index contributed by atoms with van der Waals surface area (Å²) < 4.78 is 4.88. The van der Waals surface area contributed by atoms with Gasteiger partial charge in [0.1, 0.15) is 12.4 Å². The molecule has 0 aliphatic heterocycles. The van der Waals surface area contributed by atoms with Gasteiger partial charge in [0.15, 0.2) is 5.01 Å². The van der Waals surface area contributed by atoms with Crippen molar-refractivity contribution in [2.75, 3.05) is 11.9 Å². The number of hydrogen-bond acceptors (Lipinski definition) is 7. The van der Waals surface area contributed by atoms with Crippen LogP contribution in [0.1, 0.15) is 22.2 Å². The second kappa shape index (κ2) is 9.87. The smallest absolute Gasteiger partial charge is 0.404 e. The van der Waals surface area contributed by atoms with Gasteiger partial charge in [-0.3, -0.25) is 10.3 Å². The lowest BCUT2D eigenvalue weighted by molar-refractivity contribution is 0.144. The van der Waals surface area contributed by atoms with Crippen molar-refractivity contribution in [1.29, 1.82) is 5.26 Å². The zero-order valence-electron chi connectivity index (χ0n) is 16.0. The lowest BCUT2D eigenvalue weighted by Crippen LogP contribution is -2.36. The highest BCUT2D eigenvalue weighted by molar-refractivity contribution is 7.10. The quantitative estimate of drug-likeness (QED) is 0.511. The van der Waals surface area contributed by atoms with Crippen LogP contribution in [0.4, 0.5) is 15.4 Å². The van der Waals surface area contributed by atoms with E-state index in [-0.39, 0.29) is 6.61 Å². The number of hydrogen-bond donors (Lipinski definition) is 3. The van der Waals surface area contributed by atoms with E-state index in [0.29, 0.717) is 27.6 Å². The van der Waals surface area contributed by atoms with Crippen LogP contribution in [0.15, 0.2) is 48.0 Å². The summed E-state index contributed by atoms with van der Waals surface area (Å²) in [4.78, 5) is 31.7. The van der Waals surface area contributed by atoms with Gasteiger partial charge in [-0.2, -0.15) is 5.26 Å². The minimum atomic E-state index is -0.959. The van der Waals surface area contributed by atoms with Gasteiger partial charge in [0.2, 0.25) is 0 Å². The third kappa shape index (κ3) is 5.79. The van der Waals surface area contributed by atoms with Crippen LogP contribution in [0.5, 0.6) is 0 Å². The zero-order valence-corrected chi connectivity index (χ0v) is 16.8. The summed E-state index contributed by atoms with van der Waals surface area (Å²) in [7, 11) is 0. The van der Waals surface area contributed by atoms with Gasteiger partial charge in [-0.05, 0) is 23.6 Å². The second-order valence-corrected chi connectivity index (χ2v) is 6.98. The van der Waals surface area contributed by atoms with Gasteiger partial charge in [-0.1, -0.05) is 24.3 Å². The van der Waals surface area contributed by atoms with Gasteiger partial charge < -0.3 is 15.8 Å². The molecule has 3 amide bonds. The number of nitriles is 1. The number of rotatable bonds is 6. The van der Waals surface area contributed by atoms with Gasteiger partial charge >= 0.3 is 12.1 Å². The van der Waals surface area contributed by atoms with E-state index in [9.17, 15) is 9.59 Å². The van der Waals surface area contributed by atoms with Gasteiger partial charge in [0, 0.05) is 17.1 Å². The molecule has 4 N–H and O–H groups in total. The molecule has 2 aromatic heterocycles. The Morgan fingerprint density at radius 3 is 2.71 bits per heavy atom. The monoisotopic (exact) mass is 432 g/mol. The van der Waals surface area contributed by atoms with E-state index < -0.39 is 18.2 Å². The van der Waals surface area contributed by atoms with Crippen LogP contribution in [0.3, 0.4) is 0 Å². The Morgan fingerprint density at radius 1 is 1.29 bits per heavy atom. The van der Waals surface area contributed by atoms with E-state index in [1.807, 2.05) is 0 Å². The standard InChI is InChI=1S/C21H16N6O3S/c1-2-19-26-18(12-31-19)27-21(29)25-17(11-30-20(23)28)15-5-3-14(4-6-15)16-9-13(10-22)7-8-24-16/h1,3-9,12,17H,11H2,(H2,23,28)(H2,25,27,29)/t17-/m0/s1. The Bertz CT molecular complexity index is 1180. The van der Waals surface area contributed by atoms with E-state index in [0.717, 1.165) is 5.56 Å². The van der Waals surface area contributed by atoms with Crippen LogP contribution in [-0.4, -0.2) is 28.7 Å². The molecule has 0 bridgehead atoms. The van der Waals surface area contributed by atoms with Crippen molar-refractivity contribution < 1.29 is 14.3 Å². The number of anilines is 1. The Hall–Kier alpha value is -4.41. The average molecular weight is 432 g/mol. The van der Waals surface area contributed by atoms with Crippen molar-refractivity contribution in [2.24, 2.45) is 5.73 Å². The molecule has 1 aromatic carbocycles. The van der Waals surface area contributed by atoms with Crippen molar-refractivity contribution in [1.82, 2.24) is 15.3 Å². The molecule has 0 saturated carbocycles. The molecule has 0 unspecified atom stereocenters. The minimum absolute atomic E-state index is 0.170. The number of carbonyl (C=O) groups excluding carboxylic acids is 2. The molecule has 0 aliphatic carbocycles. The number of amides is 3. The Labute approximate surface area is 181 Å². The molecule has 9 nitrogen and oxygen atoms in total. The summed E-state index contributed by atoms with van der Waals surface area (Å²) in [6.07, 6.45) is 5.88. The molecule has 31 heavy (non-hydrogen) atoms. The molecule has 0 fully saturated rings. The van der Waals surface area contributed by atoms with Crippen LogP contribution in [-0.2, 0) is 4.74 Å². The largest absolute Gasteiger partial charge is 0.447 e. The first-order valence-corrected chi connectivity index (χ1v) is 9.75. The highest BCUT2D eigenvalue weighted by Gasteiger charge is 2.17. The van der Waals surface area contributed by atoms with E-state index >= 15 is 0 Å². The zero-order chi connectivity index (χ0) is 22.2. The minimum Gasteiger partial charge on any atom is -0.447 e. The van der Waals surface area contributed by atoms with E-state index in [2.05, 4.69) is 32.6 Å². The molecule has 154 valence electrons. The van der Waals surface area contributed by atoms with E-state index in [1.54, 1.807) is 48.0 Å². The number of thiazole rings is 1. The Kier molecular flexibility index (Phi) is 6.78. The van der Waals surface area contributed by atoms with Crippen LogP contribution < -0.4 is 16.4 Å². The predicted octanol–water partition coefficient (Wildman–Crippen LogP) is 3.02. The molecule has 0 saturated heterocycles. The van der Waals surface area contributed by atoms with Crippen LogP contribution in [0, 0.1) is 23.7 Å². The van der Waals surface area contributed by atoms with Crippen molar-refractivity contribution >= 4 is 29.3 Å². The number of nitrogens with zero attached hydrogens (tertiary/aromatic N) is 3. The van der Waals surface area contributed by atoms with Crippen LogP contribution in [0.2, 0.25) is 0 Å². The summed E-state index contributed by atoms with van der Waals surface area (Å²) in [6, 6.07) is 11.2. The van der Waals surface area contributed by atoms with Crippen molar-refractivity contribution in [2.45, 2.75) is 6.04 Å². The molecular formula is C21H16N6O3S. The Balaban J connectivity index is 1.76. The first-order valence-electron chi connectivity index (χ1n) is 8.87. The third-order valence-electron chi connectivity index (χ3n) is 4.06. The van der Waals surface area contributed by atoms with Crippen LogP contribution >= 0.6 is 11.3 Å². The number of primary amides is 1. The molecule has 0 spiro atoms. The lowest BCUT2D eigenvalue weighted by atomic mass is 10.0. The number of pyridine rings is 1. The first-order chi connectivity index (χ1) is 15.0. The number of urea groups is 1. The maximum Gasteiger partial charge on any atom is 0.404 e. The summed E-state index contributed by atoms with van der Waals surface area (Å²) in [6.45, 7) is -0.170. The highest BCUT2D eigenvalue weighted by Crippen LogP contribution is 2.22. The molecule has 0 radical (unpaired) electrons. The van der Waals surface area contributed by atoms with Crippen LogP contribution in [0.25, 0.3) is 11.3 Å². The summed E-state index contributed by atoms with van der Waals surface area (Å²) in [5.41, 5.74) is 7.64. The fourth-order valence-electron chi connectivity index (χ4n) is 2.64. The van der Waals surface area contributed by atoms with E-state index in [4.69, 9.17) is 22.2 Å². The SMILES string of the molecule is C#Cc1nc(NC(=O)N[C@@H](COC(N)=O)c2ccc(-c3cc(C#N)ccn3)cc2)cs1. The maximum absolute atomic E-state index is 12.4. The molecule has 2 heterocycles. The van der Waals surface area contributed by atoms with Crippen molar-refractivity contribution in [3.63, 3.8) is 0 Å². The van der Waals surface area contributed by atoms with Gasteiger partial charge in [-0.25, -0.2) is 14.6 Å². The molecular weight excluding hydrogens is 416 g/mol. The summed E-state index contributed by atoms with van der Waals surface area (Å²) >= 11 is 1.22. The normalized spacial score (nSPS) is 10.9. The molecule has 10 heteroatoms. The fourth-order valence-corrected chi connectivity index (χ4v) is 3.19. The maximum atomic E-state index is 12.4. The topological polar surface area (TPSA) is 143 Å². The number of carbonyl (C=O) groups is 2. The number of ether oxygens (including phenoxy) is 1. The number of aromatic nitrogens is 2. The molecule has 0 aliphatic rings. The number of nitrogens with two attached hydrogens (primary N) is 1. The highest BCUT2D eigenvalue weighted by atomic mass is 32.1. The third-order valence-corrected chi connectivity index (χ3v) is 4.84. The second-order valence-electron chi connectivity index (χ2n) is 6.13. The van der Waals surface area contributed by atoms with Gasteiger partial charge in [0.05, 0.1) is 23.4 Å². The Morgan fingerprint density at radius 2 is 2.06 bits per heavy atom. The van der Waals surface area contributed by atoms with Gasteiger partial charge in [-0.15, -0.1) is 17.8 Å². The van der Waals surface area contributed by atoms with Crippen molar-refractivity contribution in [3.05, 3.63) is 64.1 Å². The summed E-state index contributed by atoms with van der Waals surface area (Å²) in [5.74, 6) is 2.70.